The van der Waals surface area contributed by atoms with Crippen LogP contribution in [-0.2, 0) is 0 Å². The van der Waals surface area contributed by atoms with Gasteiger partial charge in [-0.25, -0.2) is 0 Å². The van der Waals surface area contributed by atoms with Crippen molar-refractivity contribution in [3.05, 3.63) is 0 Å². The fourth-order valence-corrected chi connectivity index (χ4v) is 2.11. The lowest BCUT2D eigenvalue weighted by molar-refractivity contribution is 0.216. The highest BCUT2D eigenvalue weighted by Gasteiger charge is 2.18. The minimum atomic E-state index is 0.525. The van der Waals surface area contributed by atoms with Crippen LogP contribution in [0.15, 0.2) is 0 Å². The van der Waals surface area contributed by atoms with Gasteiger partial charge in [0.15, 0.2) is 0 Å². The predicted molar refractivity (Wildman–Crippen MR) is 74.9 cm³/mol. The van der Waals surface area contributed by atoms with E-state index in [0.29, 0.717) is 5.41 Å². The van der Waals surface area contributed by atoms with E-state index in [1.165, 1.54) is 45.3 Å². The van der Waals surface area contributed by atoms with E-state index in [1.807, 2.05) is 0 Å². The van der Waals surface area contributed by atoms with E-state index in [0.717, 1.165) is 5.92 Å². The molecule has 0 amide bonds. The third-order valence-corrected chi connectivity index (χ3v) is 3.63. The third kappa shape index (κ3) is 8.15. The molecule has 0 aromatic carbocycles. The monoisotopic (exact) mass is 227 g/mol. The Labute approximate surface area is 104 Å². The van der Waals surface area contributed by atoms with Gasteiger partial charge in [0.25, 0.3) is 0 Å². The highest BCUT2D eigenvalue weighted by molar-refractivity contribution is 4.71. The van der Waals surface area contributed by atoms with Gasteiger partial charge in [0.1, 0.15) is 0 Å². The second-order valence-corrected chi connectivity index (χ2v) is 6.23. The van der Waals surface area contributed by atoms with Gasteiger partial charge in [0.05, 0.1) is 0 Å². The first-order valence-electron chi connectivity index (χ1n) is 7.13. The van der Waals surface area contributed by atoms with E-state index in [2.05, 4.69) is 46.4 Å². The normalized spacial score (nSPS) is 12.8. The zero-order chi connectivity index (χ0) is 12.6. The fraction of sp³-hybridized carbons (Fsp3) is 1.00. The van der Waals surface area contributed by atoms with Gasteiger partial charge in [0, 0.05) is 0 Å². The molecule has 0 fully saturated rings. The zero-order valence-corrected chi connectivity index (χ0v) is 12.5. The highest BCUT2D eigenvalue weighted by atomic mass is 15.1. The Morgan fingerprint density at radius 3 is 2.00 bits per heavy atom. The molecule has 0 N–H and O–H groups in total. The molecule has 0 aliphatic heterocycles. The summed E-state index contributed by atoms with van der Waals surface area (Å²) in [5.41, 5.74) is 0.525. The minimum Gasteiger partial charge on any atom is -0.304 e. The predicted octanol–water partition coefficient (Wildman–Crippen LogP) is 4.57. The van der Waals surface area contributed by atoms with Crippen molar-refractivity contribution in [2.75, 3.05) is 19.6 Å². The molecular weight excluding hydrogens is 194 g/mol. The van der Waals surface area contributed by atoms with Crippen LogP contribution in [0.3, 0.4) is 0 Å². The summed E-state index contributed by atoms with van der Waals surface area (Å²) < 4.78 is 0. The lowest BCUT2D eigenvalue weighted by Crippen LogP contribution is -2.28. The molecular formula is C15H33N. The molecule has 0 aromatic rings. The smallest absolute Gasteiger partial charge is 0.00139 e. The Hall–Kier alpha value is -0.0400. The first kappa shape index (κ1) is 16.0. The van der Waals surface area contributed by atoms with Crippen LogP contribution in [0.1, 0.15) is 67.2 Å². The van der Waals surface area contributed by atoms with Crippen LogP contribution in [0.4, 0.5) is 0 Å². The van der Waals surface area contributed by atoms with Crippen molar-refractivity contribution in [3.8, 4) is 0 Å². The largest absolute Gasteiger partial charge is 0.304 e. The van der Waals surface area contributed by atoms with E-state index >= 15 is 0 Å². The molecule has 1 nitrogen and oxygen atoms in total. The molecule has 16 heavy (non-hydrogen) atoms. The molecule has 0 rings (SSSR count). The molecule has 0 heterocycles. The van der Waals surface area contributed by atoms with Crippen LogP contribution in [0.2, 0.25) is 0 Å². The van der Waals surface area contributed by atoms with Crippen LogP contribution in [0.5, 0.6) is 0 Å². The lowest BCUT2D eigenvalue weighted by atomic mass is 9.83. The van der Waals surface area contributed by atoms with E-state index in [9.17, 15) is 0 Å². The maximum atomic E-state index is 2.53. The molecule has 1 heteroatoms. The van der Waals surface area contributed by atoms with E-state index < -0.39 is 0 Å². The summed E-state index contributed by atoms with van der Waals surface area (Å²) in [5.74, 6) is 0.860. The zero-order valence-electron chi connectivity index (χ0n) is 12.5. The van der Waals surface area contributed by atoms with Gasteiger partial charge >= 0.3 is 0 Å². The molecule has 0 aromatic heterocycles. The summed E-state index contributed by atoms with van der Waals surface area (Å²) in [4.78, 5) is 2.53. The second-order valence-electron chi connectivity index (χ2n) is 6.23. The molecule has 0 atom stereocenters. The first-order valence-corrected chi connectivity index (χ1v) is 7.13. The average Bonchev–Trinajstić information content (AvgIpc) is 2.18. The van der Waals surface area contributed by atoms with Gasteiger partial charge in [-0.05, 0) is 43.8 Å². The highest BCUT2D eigenvalue weighted by Crippen LogP contribution is 2.28. The second kappa shape index (κ2) is 8.11. The van der Waals surface area contributed by atoms with Crippen molar-refractivity contribution < 1.29 is 0 Å². The Morgan fingerprint density at radius 1 is 1.00 bits per heavy atom. The van der Waals surface area contributed by atoms with Crippen molar-refractivity contribution in [2.45, 2.75) is 67.2 Å². The van der Waals surface area contributed by atoms with Crippen molar-refractivity contribution in [3.63, 3.8) is 0 Å². The van der Waals surface area contributed by atoms with Gasteiger partial charge in [-0.2, -0.15) is 0 Å². The molecule has 0 saturated heterocycles. The fourth-order valence-electron chi connectivity index (χ4n) is 2.11. The van der Waals surface area contributed by atoms with Crippen LogP contribution < -0.4 is 0 Å². The summed E-state index contributed by atoms with van der Waals surface area (Å²) in [6.45, 7) is 17.7. The third-order valence-electron chi connectivity index (χ3n) is 3.63. The van der Waals surface area contributed by atoms with Gasteiger partial charge in [-0.3, -0.25) is 0 Å². The summed E-state index contributed by atoms with van der Waals surface area (Å²) in [6.07, 6.45) is 5.50. The van der Waals surface area contributed by atoms with E-state index in [-0.39, 0.29) is 0 Å². The van der Waals surface area contributed by atoms with Crippen molar-refractivity contribution in [1.82, 2.24) is 4.90 Å². The molecule has 0 aliphatic rings. The number of hydrogen-bond acceptors (Lipinski definition) is 1. The molecule has 0 radical (unpaired) electrons. The molecule has 0 aliphatic carbocycles. The maximum absolute atomic E-state index is 2.53. The van der Waals surface area contributed by atoms with E-state index in [1.54, 1.807) is 0 Å². The number of rotatable bonds is 9. The standard InChI is InChI=1S/C15H33N/c1-7-16(8-2)13-12-15(5,6)11-9-10-14(3)4/h14H,7-13H2,1-6H3. The van der Waals surface area contributed by atoms with Crippen molar-refractivity contribution >= 4 is 0 Å². The van der Waals surface area contributed by atoms with Crippen molar-refractivity contribution in [1.29, 1.82) is 0 Å². The quantitative estimate of drug-likeness (QED) is 0.557. The lowest BCUT2D eigenvalue weighted by Gasteiger charge is -2.28. The Morgan fingerprint density at radius 2 is 1.56 bits per heavy atom. The molecule has 0 unspecified atom stereocenters. The molecule has 0 saturated carbocycles. The van der Waals surface area contributed by atoms with Crippen LogP contribution in [0, 0.1) is 11.3 Å². The van der Waals surface area contributed by atoms with Crippen LogP contribution >= 0.6 is 0 Å². The molecule has 98 valence electrons. The van der Waals surface area contributed by atoms with Gasteiger partial charge < -0.3 is 4.90 Å². The average molecular weight is 227 g/mol. The molecule has 0 spiro atoms. The molecule has 0 bridgehead atoms. The Bertz CT molecular complexity index is 157. The summed E-state index contributed by atoms with van der Waals surface area (Å²) >= 11 is 0. The number of hydrogen-bond donors (Lipinski definition) is 0. The summed E-state index contributed by atoms with van der Waals surface area (Å²) in [7, 11) is 0. The van der Waals surface area contributed by atoms with Crippen LogP contribution in [-0.4, -0.2) is 24.5 Å². The first-order chi connectivity index (χ1) is 7.41. The Balaban J connectivity index is 3.76. The topological polar surface area (TPSA) is 3.24 Å². The number of nitrogens with zero attached hydrogens (tertiary/aromatic N) is 1. The SMILES string of the molecule is CCN(CC)CCC(C)(C)CCCC(C)C. The summed E-state index contributed by atoms with van der Waals surface area (Å²) in [6, 6.07) is 0. The summed E-state index contributed by atoms with van der Waals surface area (Å²) in [5, 5.41) is 0. The van der Waals surface area contributed by atoms with Crippen molar-refractivity contribution in [2.24, 2.45) is 11.3 Å². The van der Waals surface area contributed by atoms with Gasteiger partial charge in [-0.15, -0.1) is 0 Å². The van der Waals surface area contributed by atoms with Gasteiger partial charge in [-0.1, -0.05) is 54.4 Å². The van der Waals surface area contributed by atoms with Gasteiger partial charge in [0.2, 0.25) is 0 Å². The minimum absolute atomic E-state index is 0.525. The maximum Gasteiger partial charge on any atom is -0.00139 e. The van der Waals surface area contributed by atoms with Crippen LogP contribution in [0.25, 0.3) is 0 Å². The van der Waals surface area contributed by atoms with E-state index in [4.69, 9.17) is 0 Å². The Kier molecular flexibility index (Phi) is 8.09.